The minimum atomic E-state index is -0.553. The van der Waals surface area contributed by atoms with E-state index in [-0.39, 0.29) is 23.3 Å². The summed E-state index contributed by atoms with van der Waals surface area (Å²) in [5, 5.41) is 12.9. The van der Waals surface area contributed by atoms with Crippen molar-refractivity contribution >= 4 is 45.9 Å². The van der Waals surface area contributed by atoms with Crippen LogP contribution < -0.4 is 5.56 Å². The van der Waals surface area contributed by atoms with Gasteiger partial charge in [0.2, 0.25) is 0 Å². The first-order chi connectivity index (χ1) is 13.0. The van der Waals surface area contributed by atoms with E-state index in [1.807, 2.05) is 0 Å². The molecular weight excluding hydrogens is 393 g/mol. The number of pyridine rings is 1. The molecule has 0 aliphatic rings. The van der Waals surface area contributed by atoms with Gasteiger partial charge in [0.05, 0.1) is 23.5 Å². The lowest BCUT2D eigenvalue weighted by molar-refractivity contribution is 0.0528. The van der Waals surface area contributed by atoms with Gasteiger partial charge >= 0.3 is 5.97 Å². The van der Waals surface area contributed by atoms with Crippen LogP contribution in [0.5, 0.6) is 0 Å². The zero-order valence-electron chi connectivity index (χ0n) is 13.9. The van der Waals surface area contributed by atoms with E-state index in [1.165, 1.54) is 15.3 Å². The highest BCUT2D eigenvalue weighted by atomic mass is 35.5. The number of ether oxygens (including phenoxy) is 1. The monoisotopic (exact) mass is 403 g/mol. The Morgan fingerprint density at radius 1 is 1.22 bits per heavy atom. The van der Waals surface area contributed by atoms with Crippen molar-refractivity contribution in [1.29, 1.82) is 0 Å². The molecule has 4 rings (SSSR count). The van der Waals surface area contributed by atoms with Crippen LogP contribution in [0.25, 0.3) is 22.4 Å². The summed E-state index contributed by atoms with van der Waals surface area (Å²) in [6.45, 7) is 1.93. The van der Waals surface area contributed by atoms with Gasteiger partial charge in [-0.25, -0.2) is 9.31 Å². The Labute approximate surface area is 161 Å². The van der Waals surface area contributed by atoms with Crippen molar-refractivity contribution in [3.05, 3.63) is 62.6 Å². The topological polar surface area (TPSA) is 91.4 Å². The summed E-state index contributed by atoms with van der Waals surface area (Å²) in [5.74, 6) is -0.553. The molecule has 0 atom stereocenters. The molecule has 0 saturated carbocycles. The number of halogens is 2. The number of carbonyl (C=O) groups excluding carboxylic acids is 1. The second-order valence-corrected chi connectivity index (χ2v) is 6.38. The molecule has 10 heteroatoms. The standard InChI is InChI=1S/C17H11Cl2N5O3/c1-2-27-17(26)10-8-20-24-13-5-6-23(12-4-3-9(18)7-11(12)19)16(25)14(13)21-22-15(10)24/h3-8H,2H2,1H3. The molecule has 0 saturated heterocycles. The summed E-state index contributed by atoms with van der Waals surface area (Å²) in [6.07, 6.45) is 2.88. The molecule has 0 amide bonds. The van der Waals surface area contributed by atoms with Crippen LogP contribution in [-0.2, 0) is 4.74 Å². The summed E-state index contributed by atoms with van der Waals surface area (Å²) in [6, 6.07) is 6.46. The van der Waals surface area contributed by atoms with Gasteiger partial charge in [0.1, 0.15) is 11.1 Å². The molecule has 27 heavy (non-hydrogen) atoms. The third-order valence-electron chi connectivity index (χ3n) is 3.93. The van der Waals surface area contributed by atoms with Crippen molar-refractivity contribution in [2.24, 2.45) is 0 Å². The highest BCUT2D eigenvalue weighted by molar-refractivity contribution is 6.35. The number of carbonyl (C=O) groups is 1. The maximum atomic E-state index is 12.9. The second kappa shape index (κ2) is 6.64. The molecule has 0 radical (unpaired) electrons. The summed E-state index contributed by atoms with van der Waals surface area (Å²) < 4.78 is 7.70. The van der Waals surface area contributed by atoms with Gasteiger partial charge in [-0.2, -0.15) is 5.10 Å². The first-order valence-corrected chi connectivity index (χ1v) is 8.65. The van der Waals surface area contributed by atoms with Gasteiger partial charge < -0.3 is 4.74 Å². The lowest BCUT2D eigenvalue weighted by atomic mass is 10.3. The first kappa shape index (κ1) is 17.4. The van der Waals surface area contributed by atoms with Crippen LogP contribution in [0.2, 0.25) is 10.0 Å². The van der Waals surface area contributed by atoms with Gasteiger partial charge in [-0.05, 0) is 31.2 Å². The van der Waals surface area contributed by atoms with Gasteiger partial charge in [-0.1, -0.05) is 23.2 Å². The maximum Gasteiger partial charge on any atom is 0.343 e. The lowest BCUT2D eigenvalue weighted by Crippen LogP contribution is -2.20. The third-order valence-corrected chi connectivity index (χ3v) is 4.46. The van der Waals surface area contributed by atoms with Crippen molar-refractivity contribution in [3.8, 4) is 5.69 Å². The molecule has 0 unspecified atom stereocenters. The summed E-state index contributed by atoms with van der Waals surface area (Å²) in [4.78, 5) is 24.9. The summed E-state index contributed by atoms with van der Waals surface area (Å²) in [7, 11) is 0. The molecule has 0 bridgehead atoms. The van der Waals surface area contributed by atoms with Gasteiger partial charge in [-0.3, -0.25) is 9.36 Å². The van der Waals surface area contributed by atoms with Crippen LogP contribution in [-0.4, -0.2) is 37.0 Å². The molecule has 0 aliphatic heterocycles. The van der Waals surface area contributed by atoms with Crippen molar-refractivity contribution < 1.29 is 9.53 Å². The van der Waals surface area contributed by atoms with E-state index in [1.54, 1.807) is 37.4 Å². The number of hydrogen-bond acceptors (Lipinski definition) is 6. The van der Waals surface area contributed by atoms with E-state index in [0.717, 1.165) is 0 Å². The predicted octanol–water partition coefficient (Wildman–Crippen LogP) is 2.91. The number of benzene rings is 1. The summed E-state index contributed by atoms with van der Waals surface area (Å²) >= 11 is 12.1. The van der Waals surface area contributed by atoms with E-state index in [4.69, 9.17) is 27.9 Å². The quantitative estimate of drug-likeness (QED) is 0.488. The molecule has 3 heterocycles. The van der Waals surface area contributed by atoms with Crippen molar-refractivity contribution in [2.75, 3.05) is 6.61 Å². The zero-order chi connectivity index (χ0) is 19.1. The molecule has 0 spiro atoms. The maximum absolute atomic E-state index is 12.9. The average molecular weight is 404 g/mol. The number of aromatic nitrogens is 5. The normalized spacial score (nSPS) is 11.2. The van der Waals surface area contributed by atoms with Crippen LogP contribution in [0.4, 0.5) is 0 Å². The van der Waals surface area contributed by atoms with Crippen molar-refractivity contribution in [1.82, 2.24) is 24.4 Å². The molecule has 0 aliphatic carbocycles. The Hall–Kier alpha value is -2.97. The molecule has 3 aromatic heterocycles. The average Bonchev–Trinajstić information content (AvgIpc) is 3.07. The fourth-order valence-corrected chi connectivity index (χ4v) is 3.21. The molecule has 8 nitrogen and oxygen atoms in total. The summed E-state index contributed by atoms with van der Waals surface area (Å²) in [5.41, 5.74) is 0.900. The smallest absolute Gasteiger partial charge is 0.343 e. The van der Waals surface area contributed by atoms with E-state index >= 15 is 0 Å². The minimum Gasteiger partial charge on any atom is -0.462 e. The number of nitrogens with zero attached hydrogens (tertiary/aromatic N) is 5. The van der Waals surface area contributed by atoms with Gasteiger partial charge in [0.15, 0.2) is 11.2 Å². The fraction of sp³-hybridized carbons (Fsp3) is 0.118. The molecular formula is C17H11Cl2N5O3. The third kappa shape index (κ3) is 2.83. The Morgan fingerprint density at radius 3 is 2.78 bits per heavy atom. The number of hydrogen-bond donors (Lipinski definition) is 0. The van der Waals surface area contributed by atoms with Crippen LogP contribution in [0.15, 0.2) is 41.5 Å². The van der Waals surface area contributed by atoms with Crippen LogP contribution in [0.3, 0.4) is 0 Å². The molecule has 136 valence electrons. The van der Waals surface area contributed by atoms with Crippen molar-refractivity contribution in [3.63, 3.8) is 0 Å². The second-order valence-electron chi connectivity index (χ2n) is 5.53. The van der Waals surface area contributed by atoms with Crippen molar-refractivity contribution in [2.45, 2.75) is 6.92 Å². The molecule has 0 N–H and O–H groups in total. The largest absolute Gasteiger partial charge is 0.462 e. The Balaban J connectivity index is 1.93. The van der Waals surface area contributed by atoms with E-state index in [0.29, 0.717) is 21.2 Å². The zero-order valence-corrected chi connectivity index (χ0v) is 15.4. The molecule has 4 aromatic rings. The van der Waals surface area contributed by atoms with Gasteiger partial charge in [0, 0.05) is 11.2 Å². The SMILES string of the molecule is CCOC(=O)c1cnn2c1nnc1c(=O)n(-c3ccc(Cl)cc3Cl)ccc12. The highest BCUT2D eigenvalue weighted by Crippen LogP contribution is 2.24. The van der Waals surface area contributed by atoms with Gasteiger partial charge in [0.25, 0.3) is 5.56 Å². The molecule has 0 fully saturated rings. The Morgan fingerprint density at radius 2 is 2.04 bits per heavy atom. The minimum absolute atomic E-state index is 0.0783. The number of fused-ring (bicyclic) bond motifs is 3. The van der Waals surface area contributed by atoms with Crippen LogP contribution in [0, 0.1) is 0 Å². The van der Waals surface area contributed by atoms with Crippen LogP contribution >= 0.6 is 23.2 Å². The number of esters is 1. The van der Waals surface area contributed by atoms with Gasteiger partial charge in [-0.15, -0.1) is 10.2 Å². The first-order valence-electron chi connectivity index (χ1n) is 7.89. The Bertz CT molecular complexity index is 1260. The van der Waals surface area contributed by atoms with E-state index < -0.39 is 11.5 Å². The highest BCUT2D eigenvalue weighted by Gasteiger charge is 2.19. The lowest BCUT2D eigenvalue weighted by Gasteiger charge is -2.09. The molecule has 1 aromatic carbocycles. The Kier molecular flexibility index (Phi) is 4.29. The predicted molar refractivity (Wildman–Crippen MR) is 99.9 cm³/mol. The number of rotatable bonds is 3. The van der Waals surface area contributed by atoms with Crippen LogP contribution in [0.1, 0.15) is 17.3 Å². The fourth-order valence-electron chi connectivity index (χ4n) is 2.71. The van der Waals surface area contributed by atoms with E-state index in [9.17, 15) is 9.59 Å². The van der Waals surface area contributed by atoms with E-state index in [2.05, 4.69) is 15.3 Å².